The molecule has 3 amide bonds. The summed E-state index contributed by atoms with van der Waals surface area (Å²) < 4.78 is 5.29. The molecule has 0 fully saturated rings. The Morgan fingerprint density at radius 3 is 2.00 bits per heavy atom. The molecule has 2 unspecified atom stereocenters. The van der Waals surface area contributed by atoms with Crippen LogP contribution in [0, 0.1) is 5.92 Å². The number of carbonyl (C=O) groups excluding carboxylic acids is 3. The molecule has 7 nitrogen and oxygen atoms in total. The van der Waals surface area contributed by atoms with Crippen LogP contribution < -0.4 is 10.6 Å². The number of nitrogens with one attached hydrogen (secondary N) is 2. The second kappa shape index (κ2) is 13.7. The summed E-state index contributed by atoms with van der Waals surface area (Å²) in [7, 11) is 0. The van der Waals surface area contributed by atoms with E-state index in [2.05, 4.69) is 24.5 Å². The van der Waals surface area contributed by atoms with Crippen LogP contribution in [0.25, 0.3) is 0 Å². The van der Waals surface area contributed by atoms with Crippen molar-refractivity contribution in [3.05, 3.63) is 71.8 Å². The molecule has 0 bridgehead atoms. The first-order chi connectivity index (χ1) is 17.0. The van der Waals surface area contributed by atoms with Gasteiger partial charge in [0.05, 0.1) is 0 Å². The van der Waals surface area contributed by atoms with E-state index < -0.39 is 17.7 Å². The number of rotatable bonds is 11. The zero-order valence-corrected chi connectivity index (χ0v) is 22.4. The lowest BCUT2D eigenvalue weighted by atomic mass is 9.98. The molecule has 2 rings (SSSR count). The van der Waals surface area contributed by atoms with Gasteiger partial charge in [-0.2, -0.15) is 0 Å². The van der Waals surface area contributed by atoms with Crippen molar-refractivity contribution in [3.8, 4) is 0 Å². The van der Waals surface area contributed by atoms with Gasteiger partial charge in [0.25, 0.3) is 0 Å². The van der Waals surface area contributed by atoms with Crippen molar-refractivity contribution < 1.29 is 19.1 Å². The Bertz CT molecular complexity index is 971. The first-order valence-corrected chi connectivity index (χ1v) is 12.6. The summed E-state index contributed by atoms with van der Waals surface area (Å²) in [6, 6.07) is 17.9. The summed E-state index contributed by atoms with van der Waals surface area (Å²) in [6.45, 7) is 11.6. The summed E-state index contributed by atoms with van der Waals surface area (Å²) >= 11 is 0. The largest absolute Gasteiger partial charge is 0.444 e. The van der Waals surface area contributed by atoms with E-state index in [1.54, 1.807) is 25.7 Å². The second-order valence-corrected chi connectivity index (χ2v) is 10.5. The van der Waals surface area contributed by atoms with Gasteiger partial charge in [0.1, 0.15) is 18.2 Å². The van der Waals surface area contributed by atoms with Crippen LogP contribution in [-0.4, -0.2) is 41.0 Å². The Kier molecular flexibility index (Phi) is 11.0. The van der Waals surface area contributed by atoms with E-state index in [1.165, 1.54) is 0 Å². The first kappa shape index (κ1) is 28.9. The first-order valence-electron chi connectivity index (χ1n) is 12.6. The molecule has 0 spiro atoms. The lowest BCUT2D eigenvalue weighted by molar-refractivity contribution is -0.142. The van der Waals surface area contributed by atoms with Crippen LogP contribution in [0.3, 0.4) is 0 Å². The van der Waals surface area contributed by atoms with Crippen molar-refractivity contribution in [3.63, 3.8) is 0 Å². The molecule has 2 aromatic rings. The van der Waals surface area contributed by atoms with Crippen LogP contribution in [0.15, 0.2) is 60.7 Å². The second-order valence-electron chi connectivity index (χ2n) is 10.5. The van der Waals surface area contributed by atoms with Gasteiger partial charge in [0.2, 0.25) is 11.8 Å². The van der Waals surface area contributed by atoms with Crippen LogP contribution in [0.2, 0.25) is 0 Å². The topological polar surface area (TPSA) is 87.7 Å². The normalized spacial score (nSPS) is 13.0. The third-order valence-corrected chi connectivity index (χ3v) is 5.66. The highest BCUT2D eigenvalue weighted by Crippen LogP contribution is 2.26. The van der Waals surface area contributed by atoms with E-state index in [4.69, 9.17) is 4.74 Å². The minimum absolute atomic E-state index is 0.229. The van der Waals surface area contributed by atoms with Gasteiger partial charge in [-0.1, -0.05) is 74.5 Å². The summed E-state index contributed by atoms with van der Waals surface area (Å²) in [5, 5.41) is 5.56. The zero-order chi connectivity index (χ0) is 26.7. The van der Waals surface area contributed by atoms with Crippen LogP contribution >= 0.6 is 0 Å². The van der Waals surface area contributed by atoms with Gasteiger partial charge in [-0.15, -0.1) is 0 Å². The maximum absolute atomic E-state index is 13.6. The number of alkyl carbamates (subject to hydrolysis) is 1. The van der Waals surface area contributed by atoms with Crippen molar-refractivity contribution in [2.45, 2.75) is 78.6 Å². The molecule has 0 aromatic heterocycles. The SMILES string of the molecule is CC(C)CCC(C)N(C(=O)CNC(=O)OC(C)(C)C)C(C(=O)NCc1ccccc1)c1ccccc1. The Hall–Kier alpha value is -3.35. The number of hydrogen-bond acceptors (Lipinski definition) is 4. The van der Waals surface area contributed by atoms with Gasteiger partial charge < -0.3 is 20.3 Å². The maximum Gasteiger partial charge on any atom is 0.408 e. The van der Waals surface area contributed by atoms with E-state index in [0.29, 0.717) is 18.0 Å². The molecule has 36 heavy (non-hydrogen) atoms. The number of hydrogen-bond donors (Lipinski definition) is 2. The van der Waals surface area contributed by atoms with Crippen LogP contribution in [0.4, 0.5) is 4.79 Å². The molecule has 2 atom stereocenters. The predicted molar refractivity (Wildman–Crippen MR) is 142 cm³/mol. The summed E-state index contributed by atoms with van der Waals surface area (Å²) in [5.74, 6) is -0.167. The molecule has 0 aliphatic carbocycles. The fraction of sp³-hybridized carbons (Fsp3) is 0.483. The molecule has 2 N–H and O–H groups in total. The van der Waals surface area contributed by atoms with Crippen molar-refractivity contribution in [2.75, 3.05) is 6.54 Å². The predicted octanol–water partition coefficient (Wildman–Crippen LogP) is 5.22. The van der Waals surface area contributed by atoms with Crippen molar-refractivity contribution >= 4 is 17.9 Å². The lowest BCUT2D eigenvalue weighted by Gasteiger charge is -2.36. The van der Waals surface area contributed by atoms with Crippen molar-refractivity contribution in [2.24, 2.45) is 5.92 Å². The van der Waals surface area contributed by atoms with Gasteiger partial charge >= 0.3 is 6.09 Å². The van der Waals surface area contributed by atoms with Gasteiger partial charge in [-0.3, -0.25) is 9.59 Å². The highest BCUT2D eigenvalue weighted by molar-refractivity contribution is 5.90. The van der Waals surface area contributed by atoms with Gasteiger partial charge in [-0.05, 0) is 57.6 Å². The third kappa shape index (κ3) is 9.72. The van der Waals surface area contributed by atoms with Gasteiger partial charge in [0.15, 0.2) is 0 Å². The Labute approximate surface area is 215 Å². The molecule has 196 valence electrons. The van der Waals surface area contributed by atoms with Crippen LogP contribution in [0.5, 0.6) is 0 Å². The standard InChI is InChI=1S/C29H41N3O4/c1-21(2)17-18-22(3)32(25(33)20-31-28(35)36-29(4,5)6)26(24-15-11-8-12-16-24)27(34)30-19-23-13-9-7-10-14-23/h7-16,21-22,26H,17-20H2,1-6H3,(H,30,34)(H,31,35). The van der Waals surface area contributed by atoms with Gasteiger partial charge in [-0.25, -0.2) is 4.79 Å². The van der Waals surface area contributed by atoms with Gasteiger partial charge in [0, 0.05) is 12.6 Å². The summed E-state index contributed by atoms with van der Waals surface area (Å²) in [5.41, 5.74) is 1.00. The summed E-state index contributed by atoms with van der Waals surface area (Å²) in [6.07, 6.45) is 0.957. The lowest BCUT2D eigenvalue weighted by Crippen LogP contribution is -2.51. The Morgan fingerprint density at radius 2 is 1.44 bits per heavy atom. The Balaban J connectivity index is 2.32. The third-order valence-electron chi connectivity index (χ3n) is 5.66. The molecule has 2 aromatic carbocycles. The molecular weight excluding hydrogens is 454 g/mol. The highest BCUT2D eigenvalue weighted by Gasteiger charge is 2.34. The smallest absolute Gasteiger partial charge is 0.408 e. The van der Waals surface area contributed by atoms with E-state index >= 15 is 0 Å². The highest BCUT2D eigenvalue weighted by atomic mass is 16.6. The minimum Gasteiger partial charge on any atom is -0.444 e. The van der Waals surface area contributed by atoms with E-state index in [0.717, 1.165) is 18.4 Å². The maximum atomic E-state index is 13.6. The molecular formula is C29H41N3O4. The number of nitrogens with zero attached hydrogens (tertiary/aromatic N) is 1. The average Bonchev–Trinajstić information content (AvgIpc) is 2.83. The van der Waals surface area contributed by atoms with E-state index in [1.807, 2.05) is 67.6 Å². The quantitative estimate of drug-likeness (QED) is 0.447. The van der Waals surface area contributed by atoms with E-state index in [-0.39, 0.29) is 24.4 Å². The fourth-order valence-electron chi connectivity index (χ4n) is 3.87. The monoisotopic (exact) mass is 495 g/mol. The Morgan fingerprint density at radius 1 is 0.861 bits per heavy atom. The summed E-state index contributed by atoms with van der Waals surface area (Å²) in [4.78, 5) is 41.0. The molecule has 0 aliphatic heterocycles. The van der Waals surface area contributed by atoms with E-state index in [9.17, 15) is 14.4 Å². The van der Waals surface area contributed by atoms with Crippen LogP contribution in [0.1, 0.15) is 71.6 Å². The molecule has 0 radical (unpaired) electrons. The molecule has 7 heteroatoms. The van der Waals surface area contributed by atoms with Crippen molar-refractivity contribution in [1.29, 1.82) is 0 Å². The number of carbonyl (C=O) groups is 3. The molecule has 0 saturated carbocycles. The molecule has 0 saturated heterocycles. The van der Waals surface area contributed by atoms with Crippen LogP contribution in [-0.2, 0) is 20.9 Å². The fourth-order valence-corrected chi connectivity index (χ4v) is 3.87. The average molecular weight is 496 g/mol. The number of benzene rings is 2. The number of ether oxygens (including phenoxy) is 1. The minimum atomic E-state index is -0.843. The molecule has 0 aliphatic rings. The molecule has 0 heterocycles. The number of amides is 3. The van der Waals surface area contributed by atoms with Crippen molar-refractivity contribution in [1.82, 2.24) is 15.5 Å². The zero-order valence-electron chi connectivity index (χ0n) is 22.4.